The zero-order valence-corrected chi connectivity index (χ0v) is 10.6. The summed E-state index contributed by atoms with van der Waals surface area (Å²) >= 11 is 0. The summed E-state index contributed by atoms with van der Waals surface area (Å²) < 4.78 is 5.13. The standard InChI is InChI=1S/C15H17NO2/c1-11(2)12-5-7-13(8-6-12)16-15(17)10-14-4-3-9-18-14/h3-9,11H,10H2,1-2H3,(H,16,17). The smallest absolute Gasteiger partial charge is 0.231 e. The van der Waals surface area contributed by atoms with Crippen LogP contribution in [0.4, 0.5) is 5.69 Å². The number of furan rings is 1. The highest BCUT2D eigenvalue weighted by Gasteiger charge is 2.06. The minimum Gasteiger partial charge on any atom is -0.469 e. The maximum Gasteiger partial charge on any atom is 0.231 e. The minimum atomic E-state index is -0.0674. The Labute approximate surface area is 107 Å². The molecule has 0 saturated carbocycles. The molecule has 1 heterocycles. The number of hydrogen-bond acceptors (Lipinski definition) is 2. The van der Waals surface area contributed by atoms with E-state index in [2.05, 4.69) is 19.2 Å². The Morgan fingerprint density at radius 2 is 1.94 bits per heavy atom. The lowest BCUT2D eigenvalue weighted by molar-refractivity contribution is -0.115. The fourth-order valence-corrected chi connectivity index (χ4v) is 1.73. The molecule has 1 amide bonds. The molecule has 2 aromatic rings. The molecule has 0 aliphatic rings. The van der Waals surface area contributed by atoms with E-state index in [9.17, 15) is 4.79 Å². The predicted octanol–water partition coefficient (Wildman–Crippen LogP) is 3.58. The Bertz CT molecular complexity index is 498. The topological polar surface area (TPSA) is 42.2 Å². The number of carbonyl (C=O) groups is 1. The molecule has 1 aromatic heterocycles. The monoisotopic (exact) mass is 243 g/mol. The van der Waals surface area contributed by atoms with Crippen LogP contribution < -0.4 is 5.32 Å². The van der Waals surface area contributed by atoms with E-state index in [1.54, 1.807) is 18.4 Å². The third kappa shape index (κ3) is 3.23. The third-order valence-electron chi connectivity index (χ3n) is 2.78. The molecular weight excluding hydrogens is 226 g/mol. The van der Waals surface area contributed by atoms with Crippen molar-refractivity contribution in [1.29, 1.82) is 0 Å². The Morgan fingerprint density at radius 1 is 1.22 bits per heavy atom. The molecule has 0 spiro atoms. The highest BCUT2D eigenvalue weighted by molar-refractivity contribution is 5.91. The molecule has 1 aromatic carbocycles. The largest absolute Gasteiger partial charge is 0.469 e. The van der Waals surface area contributed by atoms with Crippen LogP contribution in [-0.4, -0.2) is 5.91 Å². The average Bonchev–Trinajstić information content (AvgIpc) is 2.82. The molecule has 0 bridgehead atoms. The van der Waals surface area contributed by atoms with Crippen LogP contribution in [0.3, 0.4) is 0 Å². The quantitative estimate of drug-likeness (QED) is 0.891. The maximum absolute atomic E-state index is 11.7. The van der Waals surface area contributed by atoms with Gasteiger partial charge in [-0.2, -0.15) is 0 Å². The van der Waals surface area contributed by atoms with Gasteiger partial charge in [-0.25, -0.2) is 0 Å². The number of hydrogen-bond donors (Lipinski definition) is 1. The number of nitrogens with one attached hydrogen (secondary N) is 1. The Morgan fingerprint density at radius 3 is 2.50 bits per heavy atom. The van der Waals surface area contributed by atoms with E-state index in [1.165, 1.54) is 5.56 Å². The van der Waals surface area contributed by atoms with Gasteiger partial charge in [0.05, 0.1) is 12.7 Å². The molecule has 0 aliphatic carbocycles. The Hall–Kier alpha value is -2.03. The van der Waals surface area contributed by atoms with Crippen LogP contribution in [0.2, 0.25) is 0 Å². The van der Waals surface area contributed by atoms with E-state index in [1.807, 2.05) is 24.3 Å². The summed E-state index contributed by atoms with van der Waals surface area (Å²) in [5, 5.41) is 2.85. The van der Waals surface area contributed by atoms with Crippen LogP contribution in [-0.2, 0) is 11.2 Å². The first kappa shape index (κ1) is 12.4. The summed E-state index contributed by atoms with van der Waals surface area (Å²) in [7, 11) is 0. The molecule has 1 N–H and O–H groups in total. The molecule has 94 valence electrons. The van der Waals surface area contributed by atoms with E-state index in [-0.39, 0.29) is 12.3 Å². The van der Waals surface area contributed by atoms with Gasteiger partial charge in [-0.3, -0.25) is 4.79 Å². The minimum absolute atomic E-state index is 0.0674. The van der Waals surface area contributed by atoms with Crippen LogP contribution >= 0.6 is 0 Å². The van der Waals surface area contributed by atoms with Crippen molar-refractivity contribution in [3.63, 3.8) is 0 Å². The lowest BCUT2D eigenvalue weighted by atomic mass is 10.0. The summed E-state index contributed by atoms with van der Waals surface area (Å²) in [6.07, 6.45) is 1.83. The number of rotatable bonds is 4. The Kier molecular flexibility index (Phi) is 3.82. The van der Waals surface area contributed by atoms with Gasteiger partial charge in [0.25, 0.3) is 0 Å². The van der Waals surface area contributed by atoms with Gasteiger partial charge in [0.15, 0.2) is 0 Å². The molecule has 0 saturated heterocycles. The van der Waals surface area contributed by atoms with Crippen LogP contribution in [0.1, 0.15) is 31.1 Å². The molecule has 3 nitrogen and oxygen atoms in total. The lowest BCUT2D eigenvalue weighted by Crippen LogP contribution is -2.13. The molecule has 0 atom stereocenters. The van der Waals surface area contributed by atoms with E-state index in [0.717, 1.165) is 5.69 Å². The first-order valence-corrected chi connectivity index (χ1v) is 6.07. The molecule has 0 aliphatic heterocycles. The average molecular weight is 243 g/mol. The number of amides is 1. The molecule has 18 heavy (non-hydrogen) atoms. The first-order valence-electron chi connectivity index (χ1n) is 6.07. The predicted molar refractivity (Wildman–Crippen MR) is 71.6 cm³/mol. The molecule has 0 unspecified atom stereocenters. The fraction of sp³-hybridized carbons (Fsp3) is 0.267. The van der Waals surface area contributed by atoms with Crippen molar-refractivity contribution >= 4 is 11.6 Å². The van der Waals surface area contributed by atoms with Crippen molar-refractivity contribution < 1.29 is 9.21 Å². The fourth-order valence-electron chi connectivity index (χ4n) is 1.73. The van der Waals surface area contributed by atoms with Gasteiger partial charge >= 0.3 is 0 Å². The zero-order valence-electron chi connectivity index (χ0n) is 10.6. The third-order valence-corrected chi connectivity index (χ3v) is 2.78. The summed E-state index contributed by atoms with van der Waals surface area (Å²) in [5.41, 5.74) is 2.08. The summed E-state index contributed by atoms with van der Waals surface area (Å²) in [4.78, 5) is 11.7. The lowest BCUT2D eigenvalue weighted by Gasteiger charge is -2.07. The highest BCUT2D eigenvalue weighted by Crippen LogP contribution is 2.17. The molecule has 0 radical (unpaired) electrons. The number of benzene rings is 1. The number of carbonyl (C=O) groups excluding carboxylic acids is 1. The van der Waals surface area contributed by atoms with Crippen LogP contribution in [0.15, 0.2) is 47.1 Å². The molecule has 0 fully saturated rings. The van der Waals surface area contributed by atoms with Gasteiger partial charge in [0.2, 0.25) is 5.91 Å². The van der Waals surface area contributed by atoms with Gasteiger partial charge in [0, 0.05) is 5.69 Å². The molecule has 2 rings (SSSR count). The molecular formula is C15H17NO2. The molecule has 3 heteroatoms. The maximum atomic E-state index is 11.7. The highest BCUT2D eigenvalue weighted by atomic mass is 16.3. The zero-order chi connectivity index (χ0) is 13.0. The van der Waals surface area contributed by atoms with Crippen LogP contribution in [0.25, 0.3) is 0 Å². The van der Waals surface area contributed by atoms with Crippen molar-refractivity contribution in [3.05, 3.63) is 54.0 Å². The number of anilines is 1. The second-order valence-electron chi connectivity index (χ2n) is 4.58. The second-order valence-corrected chi connectivity index (χ2v) is 4.58. The first-order chi connectivity index (χ1) is 8.65. The summed E-state index contributed by atoms with van der Waals surface area (Å²) in [6.45, 7) is 4.29. The van der Waals surface area contributed by atoms with Crippen LogP contribution in [0.5, 0.6) is 0 Å². The van der Waals surface area contributed by atoms with E-state index in [4.69, 9.17) is 4.42 Å². The van der Waals surface area contributed by atoms with Crippen molar-refractivity contribution in [3.8, 4) is 0 Å². The SMILES string of the molecule is CC(C)c1ccc(NC(=O)Cc2ccco2)cc1. The van der Waals surface area contributed by atoms with Gasteiger partial charge in [0.1, 0.15) is 5.76 Å². The van der Waals surface area contributed by atoms with Gasteiger partial charge < -0.3 is 9.73 Å². The van der Waals surface area contributed by atoms with E-state index < -0.39 is 0 Å². The summed E-state index contributed by atoms with van der Waals surface area (Å²) in [5.74, 6) is 1.10. The van der Waals surface area contributed by atoms with Gasteiger partial charge in [-0.1, -0.05) is 26.0 Å². The summed E-state index contributed by atoms with van der Waals surface area (Å²) in [6, 6.07) is 11.5. The Balaban J connectivity index is 1.95. The van der Waals surface area contributed by atoms with E-state index >= 15 is 0 Å². The van der Waals surface area contributed by atoms with Crippen molar-refractivity contribution in [1.82, 2.24) is 0 Å². The normalized spacial score (nSPS) is 10.6. The van der Waals surface area contributed by atoms with E-state index in [0.29, 0.717) is 11.7 Å². The second kappa shape index (κ2) is 5.54. The van der Waals surface area contributed by atoms with Crippen molar-refractivity contribution in [2.24, 2.45) is 0 Å². The van der Waals surface area contributed by atoms with Gasteiger partial charge in [-0.05, 0) is 35.7 Å². The van der Waals surface area contributed by atoms with Gasteiger partial charge in [-0.15, -0.1) is 0 Å². The van der Waals surface area contributed by atoms with Crippen LogP contribution in [0, 0.1) is 0 Å². The van der Waals surface area contributed by atoms with Crippen molar-refractivity contribution in [2.75, 3.05) is 5.32 Å². The van der Waals surface area contributed by atoms with Crippen molar-refractivity contribution in [2.45, 2.75) is 26.2 Å².